The fourth-order valence-corrected chi connectivity index (χ4v) is 3.63. The number of carbonyl (C=O) groups is 1. The van der Waals surface area contributed by atoms with Crippen LogP contribution in [0.15, 0.2) is 30.3 Å². The number of nitrogens with zero attached hydrogens (tertiary/aromatic N) is 5. The third-order valence-electron chi connectivity index (χ3n) is 5.26. The van der Waals surface area contributed by atoms with Gasteiger partial charge in [0.1, 0.15) is 5.82 Å². The van der Waals surface area contributed by atoms with Gasteiger partial charge < -0.3 is 30.5 Å². The maximum Gasteiger partial charge on any atom is 0.314 e. The number of morpholine rings is 1. The van der Waals surface area contributed by atoms with Crippen molar-refractivity contribution in [2.75, 3.05) is 67.6 Å². The molecule has 0 unspecified atom stereocenters. The molecule has 9 nitrogen and oxygen atoms in total. The van der Waals surface area contributed by atoms with Gasteiger partial charge in [-0.05, 0) is 31.2 Å². The number of primary amides is 1. The van der Waals surface area contributed by atoms with Crippen LogP contribution in [0.25, 0.3) is 0 Å². The zero-order valence-electron chi connectivity index (χ0n) is 16.7. The summed E-state index contributed by atoms with van der Waals surface area (Å²) >= 11 is 0. The molecule has 0 saturated carbocycles. The molecular weight excluding hydrogens is 370 g/mol. The fourth-order valence-electron chi connectivity index (χ4n) is 3.63. The van der Waals surface area contributed by atoms with E-state index in [1.54, 1.807) is 4.90 Å². The molecule has 2 saturated heterocycles. The highest BCUT2D eigenvalue weighted by molar-refractivity contribution is 5.72. The van der Waals surface area contributed by atoms with Crippen LogP contribution in [-0.2, 0) is 4.74 Å². The molecule has 0 atom stereocenters. The average molecular weight is 397 g/mol. The number of hydrogen-bond acceptors (Lipinski definition) is 7. The molecule has 29 heavy (non-hydrogen) atoms. The summed E-state index contributed by atoms with van der Waals surface area (Å²) in [5, 5.41) is 3.30. The first-order valence-corrected chi connectivity index (χ1v) is 9.93. The Kier molecular flexibility index (Phi) is 5.66. The predicted octanol–water partition coefficient (Wildman–Crippen LogP) is 1.57. The number of aromatic nitrogens is 2. The lowest BCUT2D eigenvalue weighted by Crippen LogP contribution is -2.50. The van der Waals surface area contributed by atoms with E-state index in [2.05, 4.69) is 37.2 Å². The van der Waals surface area contributed by atoms with Crippen LogP contribution in [0.5, 0.6) is 0 Å². The number of amides is 2. The molecule has 4 rings (SSSR count). The zero-order valence-corrected chi connectivity index (χ0v) is 16.7. The Labute approximate surface area is 170 Å². The monoisotopic (exact) mass is 397 g/mol. The Bertz CT molecular complexity index is 844. The van der Waals surface area contributed by atoms with Gasteiger partial charge in [-0.25, -0.2) is 9.78 Å². The van der Waals surface area contributed by atoms with Crippen LogP contribution in [0.3, 0.4) is 0 Å². The topological polar surface area (TPSA) is 99.8 Å². The highest BCUT2D eigenvalue weighted by Gasteiger charge is 2.21. The number of anilines is 4. The van der Waals surface area contributed by atoms with Crippen molar-refractivity contribution >= 4 is 29.2 Å². The highest BCUT2D eigenvalue weighted by atomic mass is 16.5. The van der Waals surface area contributed by atoms with Crippen LogP contribution in [0.4, 0.5) is 27.9 Å². The Morgan fingerprint density at radius 2 is 1.69 bits per heavy atom. The minimum absolute atomic E-state index is 0.369. The number of aryl methyl sites for hydroxylation is 1. The van der Waals surface area contributed by atoms with Gasteiger partial charge in [0.25, 0.3) is 0 Å². The van der Waals surface area contributed by atoms with Crippen LogP contribution in [0, 0.1) is 6.92 Å². The number of ether oxygens (including phenoxy) is 1. The zero-order chi connectivity index (χ0) is 20.2. The van der Waals surface area contributed by atoms with Crippen LogP contribution in [0.2, 0.25) is 0 Å². The smallest absolute Gasteiger partial charge is 0.314 e. The molecule has 2 aromatic rings. The summed E-state index contributed by atoms with van der Waals surface area (Å²) in [6.07, 6.45) is 0. The molecule has 1 aromatic heterocycles. The SMILES string of the molecule is Cc1cc(N2CCN(C(N)=O)CC2)nc(Nc2ccc(N3CCOCC3)cc2)n1. The van der Waals surface area contributed by atoms with E-state index in [0.717, 1.165) is 43.5 Å². The first-order valence-electron chi connectivity index (χ1n) is 9.93. The molecule has 1 aromatic carbocycles. The van der Waals surface area contributed by atoms with Gasteiger partial charge >= 0.3 is 6.03 Å². The molecule has 2 aliphatic heterocycles. The van der Waals surface area contributed by atoms with Crippen molar-refractivity contribution in [2.24, 2.45) is 5.73 Å². The molecule has 0 aliphatic carbocycles. The third-order valence-corrected chi connectivity index (χ3v) is 5.26. The summed E-state index contributed by atoms with van der Waals surface area (Å²) in [6, 6.07) is 9.89. The molecule has 0 radical (unpaired) electrons. The van der Waals surface area contributed by atoms with E-state index < -0.39 is 0 Å². The first-order chi connectivity index (χ1) is 14.1. The number of urea groups is 1. The second kappa shape index (κ2) is 8.52. The van der Waals surface area contributed by atoms with Crippen molar-refractivity contribution in [1.29, 1.82) is 0 Å². The average Bonchev–Trinajstić information content (AvgIpc) is 2.74. The predicted molar refractivity (Wildman–Crippen MR) is 113 cm³/mol. The molecule has 154 valence electrons. The van der Waals surface area contributed by atoms with Crippen LogP contribution in [-0.4, -0.2) is 73.4 Å². The minimum atomic E-state index is -0.369. The summed E-state index contributed by atoms with van der Waals surface area (Å²) in [5.74, 6) is 1.42. The largest absolute Gasteiger partial charge is 0.378 e. The standard InChI is InChI=1S/C20H27N7O2/c1-15-14-18(26-6-8-27(9-7-26)19(21)28)24-20(22-15)23-16-2-4-17(5-3-16)25-10-12-29-13-11-25/h2-5,14H,6-13H2,1H3,(H2,21,28)(H,22,23,24). The number of nitrogens with one attached hydrogen (secondary N) is 1. The maximum atomic E-state index is 11.3. The second-order valence-electron chi connectivity index (χ2n) is 7.27. The quantitative estimate of drug-likeness (QED) is 0.808. The Balaban J connectivity index is 1.43. The molecule has 2 amide bonds. The van der Waals surface area contributed by atoms with Gasteiger partial charge in [0.05, 0.1) is 13.2 Å². The minimum Gasteiger partial charge on any atom is -0.378 e. The van der Waals surface area contributed by atoms with E-state index in [1.165, 1.54) is 5.69 Å². The summed E-state index contributed by atoms with van der Waals surface area (Å²) in [6.45, 7) is 7.94. The van der Waals surface area contributed by atoms with Crippen LogP contribution >= 0.6 is 0 Å². The first kappa shape index (κ1) is 19.3. The molecule has 9 heteroatoms. The number of carbonyl (C=O) groups excluding carboxylic acids is 1. The number of piperazine rings is 1. The summed E-state index contributed by atoms with van der Waals surface area (Å²) in [5.41, 5.74) is 8.39. The van der Waals surface area contributed by atoms with Gasteiger partial charge in [0.2, 0.25) is 5.95 Å². The maximum absolute atomic E-state index is 11.3. The summed E-state index contributed by atoms with van der Waals surface area (Å²) in [7, 11) is 0. The van der Waals surface area contributed by atoms with Crippen LogP contribution < -0.4 is 20.9 Å². The van der Waals surface area contributed by atoms with Crippen LogP contribution in [0.1, 0.15) is 5.69 Å². The van der Waals surface area contributed by atoms with E-state index in [9.17, 15) is 4.79 Å². The van der Waals surface area contributed by atoms with Crippen molar-refractivity contribution in [1.82, 2.24) is 14.9 Å². The van der Waals surface area contributed by atoms with Gasteiger partial charge in [0, 0.05) is 62.4 Å². The van der Waals surface area contributed by atoms with Crippen molar-refractivity contribution in [2.45, 2.75) is 6.92 Å². The normalized spacial score (nSPS) is 17.3. The lowest BCUT2D eigenvalue weighted by molar-refractivity contribution is 0.122. The number of nitrogens with two attached hydrogens (primary N) is 1. The van der Waals surface area contributed by atoms with Gasteiger partial charge in [-0.1, -0.05) is 0 Å². The van der Waals surface area contributed by atoms with Crippen molar-refractivity contribution in [3.8, 4) is 0 Å². The second-order valence-corrected chi connectivity index (χ2v) is 7.27. The lowest BCUT2D eigenvalue weighted by atomic mass is 10.2. The van der Waals surface area contributed by atoms with Gasteiger partial charge in [-0.3, -0.25) is 0 Å². The van der Waals surface area contributed by atoms with Gasteiger partial charge in [0.15, 0.2) is 0 Å². The van der Waals surface area contributed by atoms with E-state index in [1.807, 2.05) is 25.1 Å². The molecular formula is C20H27N7O2. The molecule has 3 heterocycles. The fraction of sp³-hybridized carbons (Fsp3) is 0.450. The van der Waals surface area contributed by atoms with E-state index in [4.69, 9.17) is 10.5 Å². The van der Waals surface area contributed by atoms with E-state index in [0.29, 0.717) is 32.1 Å². The van der Waals surface area contributed by atoms with Crippen molar-refractivity contribution in [3.63, 3.8) is 0 Å². The molecule has 0 spiro atoms. The van der Waals surface area contributed by atoms with Crippen molar-refractivity contribution < 1.29 is 9.53 Å². The molecule has 2 aliphatic rings. The van der Waals surface area contributed by atoms with E-state index in [-0.39, 0.29) is 6.03 Å². The van der Waals surface area contributed by atoms with E-state index >= 15 is 0 Å². The highest BCUT2D eigenvalue weighted by Crippen LogP contribution is 2.22. The third kappa shape index (κ3) is 4.68. The molecule has 3 N–H and O–H groups in total. The number of benzene rings is 1. The van der Waals surface area contributed by atoms with Gasteiger partial charge in [-0.15, -0.1) is 0 Å². The van der Waals surface area contributed by atoms with Crippen molar-refractivity contribution in [3.05, 3.63) is 36.0 Å². The van der Waals surface area contributed by atoms with Gasteiger partial charge in [-0.2, -0.15) is 4.98 Å². The molecule has 0 bridgehead atoms. The summed E-state index contributed by atoms with van der Waals surface area (Å²) in [4.78, 5) is 26.6. The Hall–Kier alpha value is -3.07. The lowest BCUT2D eigenvalue weighted by Gasteiger charge is -2.34. The number of hydrogen-bond donors (Lipinski definition) is 2. The molecule has 2 fully saturated rings. The Morgan fingerprint density at radius 1 is 1.00 bits per heavy atom. The Morgan fingerprint density at radius 3 is 2.34 bits per heavy atom. The number of rotatable bonds is 4. The summed E-state index contributed by atoms with van der Waals surface area (Å²) < 4.78 is 5.41.